The fourth-order valence-electron chi connectivity index (χ4n) is 1.32. The Kier molecular flexibility index (Phi) is 2.98. The third kappa shape index (κ3) is 2.68. The lowest BCUT2D eigenvalue weighted by Crippen LogP contribution is -1.85. The van der Waals surface area contributed by atoms with Gasteiger partial charge in [0.15, 0.2) is 0 Å². The van der Waals surface area contributed by atoms with Crippen LogP contribution in [-0.4, -0.2) is 4.98 Å². The molecule has 0 saturated carbocycles. The molecule has 1 aromatic carbocycles. The molecule has 2 heteroatoms. The molecule has 0 unspecified atom stereocenters. The predicted octanol–water partition coefficient (Wildman–Crippen LogP) is 2.93. The van der Waals surface area contributed by atoms with Crippen LogP contribution in [-0.2, 0) is 0 Å². The van der Waals surface area contributed by atoms with Crippen molar-refractivity contribution in [2.75, 3.05) is 0 Å². The Balaban J connectivity index is 2.28. The maximum absolute atomic E-state index is 12.9. The molecule has 78 valence electrons. The highest BCUT2D eigenvalue weighted by atomic mass is 19.1. The van der Waals surface area contributed by atoms with E-state index in [9.17, 15) is 4.39 Å². The van der Waals surface area contributed by atoms with Crippen molar-refractivity contribution in [2.24, 2.45) is 0 Å². The molecule has 0 amide bonds. The third-order valence-electron chi connectivity index (χ3n) is 2.05. The van der Waals surface area contributed by atoms with E-state index in [4.69, 9.17) is 0 Å². The summed E-state index contributed by atoms with van der Waals surface area (Å²) in [5, 5.41) is 0. The molecule has 2 aromatic rings. The Labute approximate surface area is 94.0 Å². The minimum absolute atomic E-state index is 0.274. The zero-order valence-corrected chi connectivity index (χ0v) is 8.87. The first-order chi connectivity index (χ1) is 7.74. The second kappa shape index (κ2) is 4.59. The number of rotatable bonds is 0. The highest BCUT2D eigenvalue weighted by Gasteiger charge is 1.91. The molecule has 1 aromatic heterocycles. The molecule has 0 atom stereocenters. The van der Waals surface area contributed by atoms with Crippen LogP contribution < -0.4 is 0 Å². The van der Waals surface area contributed by atoms with E-state index in [1.807, 2.05) is 25.1 Å². The summed E-state index contributed by atoms with van der Waals surface area (Å²) in [4.78, 5) is 4.24. The molecule has 1 nitrogen and oxygen atoms in total. The van der Waals surface area contributed by atoms with E-state index in [0.717, 1.165) is 5.69 Å². The molecule has 2 rings (SSSR count). The zero-order chi connectivity index (χ0) is 11.4. The van der Waals surface area contributed by atoms with Gasteiger partial charge in [-0.3, -0.25) is 0 Å². The van der Waals surface area contributed by atoms with Crippen molar-refractivity contribution in [2.45, 2.75) is 6.92 Å². The lowest BCUT2D eigenvalue weighted by molar-refractivity contribution is 0.627. The zero-order valence-electron chi connectivity index (χ0n) is 8.87. The Hall–Kier alpha value is -2.14. The first-order valence-corrected chi connectivity index (χ1v) is 4.95. The van der Waals surface area contributed by atoms with Crippen LogP contribution in [0.4, 0.5) is 4.39 Å². The first kappa shape index (κ1) is 10.4. The highest BCUT2D eigenvalue weighted by molar-refractivity contribution is 5.40. The summed E-state index contributed by atoms with van der Waals surface area (Å²) in [6.45, 7) is 1.91. The van der Waals surface area contributed by atoms with Gasteiger partial charge in [-0.1, -0.05) is 18.1 Å². The van der Waals surface area contributed by atoms with Gasteiger partial charge in [0.05, 0.1) is 0 Å². The van der Waals surface area contributed by atoms with Crippen LogP contribution in [0.5, 0.6) is 0 Å². The molecule has 0 spiro atoms. The molecular formula is C14H10FN. The Bertz CT molecular complexity index is 515. The van der Waals surface area contributed by atoms with Gasteiger partial charge in [0.25, 0.3) is 0 Å². The summed E-state index contributed by atoms with van der Waals surface area (Å²) in [6.07, 6.45) is 0. The molecule has 0 aliphatic rings. The van der Waals surface area contributed by atoms with Gasteiger partial charge in [-0.25, -0.2) is 9.37 Å². The second-order valence-corrected chi connectivity index (χ2v) is 3.42. The van der Waals surface area contributed by atoms with Crippen LogP contribution in [0.25, 0.3) is 0 Å². The molecule has 0 aliphatic heterocycles. The van der Waals surface area contributed by atoms with Gasteiger partial charge in [-0.2, -0.15) is 0 Å². The quantitative estimate of drug-likeness (QED) is 0.610. The number of nitrogens with zero attached hydrogens (tertiary/aromatic N) is 1. The third-order valence-corrected chi connectivity index (χ3v) is 2.05. The van der Waals surface area contributed by atoms with Crippen molar-refractivity contribution in [1.82, 2.24) is 4.98 Å². The normalized spacial score (nSPS) is 9.38. The maximum atomic E-state index is 12.9. The average Bonchev–Trinajstić information content (AvgIpc) is 2.27. The van der Waals surface area contributed by atoms with Gasteiger partial charge < -0.3 is 0 Å². The molecule has 0 radical (unpaired) electrons. The average molecular weight is 211 g/mol. The maximum Gasteiger partial charge on any atom is 0.124 e. The van der Waals surface area contributed by atoms with Crippen molar-refractivity contribution in [3.63, 3.8) is 0 Å². The summed E-state index contributed by atoms with van der Waals surface area (Å²) in [5.41, 5.74) is 2.28. The van der Waals surface area contributed by atoms with Crippen molar-refractivity contribution >= 4 is 0 Å². The number of aromatic nitrogens is 1. The fourth-order valence-corrected chi connectivity index (χ4v) is 1.32. The minimum atomic E-state index is -0.274. The summed E-state index contributed by atoms with van der Waals surface area (Å²) in [6, 6.07) is 11.9. The number of halogens is 1. The number of pyridine rings is 1. The van der Waals surface area contributed by atoms with Gasteiger partial charge in [0.1, 0.15) is 11.5 Å². The van der Waals surface area contributed by atoms with Crippen LogP contribution in [0.15, 0.2) is 42.5 Å². The molecule has 0 fully saturated rings. The Morgan fingerprint density at radius 3 is 2.62 bits per heavy atom. The molecule has 0 bridgehead atoms. The minimum Gasteiger partial charge on any atom is -0.245 e. The summed E-state index contributed by atoms with van der Waals surface area (Å²) in [7, 11) is 0. The molecule has 0 aliphatic carbocycles. The summed E-state index contributed by atoms with van der Waals surface area (Å²) >= 11 is 0. The molecular weight excluding hydrogens is 201 g/mol. The number of benzene rings is 1. The smallest absolute Gasteiger partial charge is 0.124 e. The van der Waals surface area contributed by atoms with Gasteiger partial charge in [-0.15, -0.1) is 0 Å². The van der Waals surface area contributed by atoms with Crippen LogP contribution in [0.2, 0.25) is 0 Å². The molecule has 16 heavy (non-hydrogen) atoms. The Morgan fingerprint density at radius 1 is 1.06 bits per heavy atom. The largest absolute Gasteiger partial charge is 0.245 e. The van der Waals surface area contributed by atoms with E-state index in [0.29, 0.717) is 11.3 Å². The molecule has 0 N–H and O–H groups in total. The highest BCUT2D eigenvalue weighted by Crippen LogP contribution is 2.02. The van der Waals surface area contributed by atoms with Gasteiger partial charge in [0.2, 0.25) is 0 Å². The number of aryl methyl sites for hydroxylation is 1. The van der Waals surface area contributed by atoms with Crippen molar-refractivity contribution in [3.8, 4) is 11.8 Å². The van der Waals surface area contributed by atoms with Gasteiger partial charge in [0, 0.05) is 11.3 Å². The van der Waals surface area contributed by atoms with Crippen molar-refractivity contribution < 1.29 is 4.39 Å². The van der Waals surface area contributed by atoms with Crippen molar-refractivity contribution in [3.05, 3.63) is 65.2 Å². The predicted molar refractivity (Wildman–Crippen MR) is 61.4 cm³/mol. The SMILES string of the molecule is Cc1cccc(C#Cc2cccc(F)c2)n1. The summed E-state index contributed by atoms with van der Waals surface area (Å²) in [5.74, 6) is 5.50. The van der Waals surface area contributed by atoms with Gasteiger partial charge in [-0.05, 0) is 43.2 Å². The topological polar surface area (TPSA) is 12.9 Å². The van der Waals surface area contributed by atoms with Crippen LogP contribution >= 0.6 is 0 Å². The summed E-state index contributed by atoms with van der Waals surface area (Å²) < 4.78 is 12.9. The van der Waals surface area contributed by atoms with Crippen molar-refractivity contribution in [1.29, 1.82) is 0 Å². The number of hydrogen-bond donors (Lipinski definition) is 0. The van der Waals surface area contributed by atoms with Gasteiger partial charge >= 0.3 is 0 Å². The Morgan fingerprint density at radius 2 is 1.88 bits per heavy atom. The van der Waals surface area contributed by atoms with E-state index in [1.54, 1.807) is 12.1 Å². The van der Waals surface area contributed by atoms with E-state index in [-0.39, 0.29) is 5.82 Å². The van der Waals surface area contributed by atoms with E-state index in [1.165, 1.54) is 12.1 Å². The lowest BCUT2D eigenvalue weighted by atomic mass is 10.2. The van der Waals surface area contributed by atoms with Crippen LogP contribution in [0.3, 0.4) is 0 Å². The molecule has 1 heterocycles. The lowest BCUT2D eigenvalue weighted by Gasteiger charge is -1.92. The standard InChI is InChI=1S/C14H10FN/c1-11-4-2-7-14(16-11)9-8-12-5-3-6-13(15)10-12/h2-7,10H,1H3. The van der Waals surface area contributed by atoms with Crippen LogP contribution in [0, 0.1) is 24.6 Å². The first-order valence-electron chi connectivity index (χ1n) is 4.95. The monoisotopic (exact) mass is 211 g/mol. The number of hydrogen-bond acceptors (Lipinski definition) is 1. The second-order valence-electron chi connectivity index (χ2n) is 3.42. The van der Waals surface area contributed by atoms with E-state index < -0.39 is 0 Å². The van der Waals surface area contributed by atoms with Crippen LogP contribution in [0.1, 0.15) is 17.0 Å². The fraction of sp³-hybridized carbons (Fsp3) is 0.0714. The molecule has 0 saturated heterocycles. The van der Waals surface area contributed by atoms with E-state index in [2.05, 4.69) is 16.8 Å². The van der Waals surface area contributed by atoms with E-state index >= 15 is 0 Å².